The van der Waals surface area contributed by atoms with Crippen molar-refractivity contribution in [3.63, 3.8) is 0 Å². The lowest BCUT2D eigenvalue weighted by Gasteiger charge is -2.19. The molecule has 0 radical (unpaired) electrons. The van der Waals surface area contributed by atoms with Crippen LogP contribution in [0.25, 0.3) is 5.69 Å². The Morgan fingerprint density at radius 2 is 2.40 bits per heavy atom. The highest BCUT2D eigenvalue weighted by Crippen LogP contribution is 2.25. The maximum atomic E-state index is 4.29. The summed E-state index contributed by atoms with van der Waals surface area (Å²) >= 11 is 0. The molecule has 3 heterocycles. The molecule has 15 heavy (non-hydrogen) atoms. The van der Waals surface area contributed by atoms with Crippen LogP contribution in [0.2, 0.25) is 0 Å². The molecule has 0 amide bonds. The zero-order valence-electron chi connectivity index (χ0n) is 8.44. The van der Waals surface area contributed by atoms with Gasteiger partial charge in [-0.1, -0.05) is 6.92 Å². The molecule has 0 saturated heterocycles. The predicted molar refractivity (Wildman–Crippen MR) is 55.9 cm³/mol. The van der Waals surface area contributed by atoms with Gasteiger partial charge >= 0.3 is 0 Å². The second kappa shape index (κ2) is 3.05. The zero-order chi connectivity index (χ0) is 10.3. The average Bonchev–Trinajstić information content (AvgIpc) is 2.72. The largest absolute Gasteiger partial charge is 0.361 e. The monoisotopic (exact) mass is 201 g/mol. The summed E-state index contributed by atoms with van der Waals surface area (Å²) < 4.78 is 2.08. The Bertz CT molecular complexity index is 489. The minimum atomic E-state index is 0.691. The first-order valence-electron chi connectivity index (χ1n) is 5.02. The van der Waals surface area contributed by atoms with E-state index in [1.54, 1.807) is 6.20 Å². The molecule has 76 valence electrons. The maximum absolute atomic E-state index is 4.29. The van der Waals surface area contributed by atoms with E-state index in [9.17, 15) is 0 Å². The molecular weight excluding hydrogens is 190 g/mol. The lowest BCUT2D eigenvalue weighted by Crippen LogP contribution is -2.17. The summed E-state index contributed by atoms with van der Waals surface area (Å²) in [7, 11) is 0. The third-order valence-electron chi connectivity index (χ3n) is 2.55. The molecule has 1 aliphatic rings. The second-order valence-electron chi connectivity index (χ2n) is 3.45. The number of fused-ring (bicyclic) bond motifs is 3. The van der Waals surface area contributed by atoms with E-state index in [4.69, 9.17) is 0 Å². The molecule has 0 atom stereocenters. The number of anilines is 1. The molecule has 1 aliphatic heterocycles. The van der Waals surface area contributed by atoms with Crippen LogP contribution in [0, 0.1) is 0 Å². The Balaban J connectivity index is 2.27. The fourth-order valence-corrected chi connectivity index (χ4v) is 1.85. The van der Waals surface area contributed by atoms with Gasteiger partial charge in [-0.2, -0.15) is 0 Å². The van der Waals surface area contributed by atoms with Gasteiger partial charge in [0.25, 0.3) is 0 Å². The summed E-state index contributed by atoms with van der Waals surface area (Å²) in [6.45, 7) is 2.77. The third-order valence-corrected chi connectivity index (χ3v) is 2.55. The van der Waals surface area contributed by atoms with E-state index in [1.807, 2.05) is 12.1 Å². The van der Waals surface area contributed by atoms with Gasteiger partial charge in [-0.05, 0) is 12.1 Å². The van der Waals surface area contributed by atoms with Gasteiger partial charge in [-0.3, -0.25) is 4.57 Å². The van der Waals surface area contributed by atoms with Gasteiger partial charge < -0.3 is 5.32 Å². The van der Waals surface area contributed by atoms with Crippen LogP contribution >= 0.6 is 0 Å². The van der Waals surface area contributed by atoms with Crippen molar-refractivity contribution in [2.24, 2.45) is 0 Å². The van der Waals surface area contributed by atoms with Crippen LogP contribution in [0.15, 0.2) is 18.3 Å². The summed E-state index contributed by atoms with van der Waals surface area (Å²) in [6, 6.07) is 3.95. The van der Waals surface area contributed by atoms with Crippen molar-refractivity contribution in [1.29, 1.82) is 0 Å². The molecule has 3 rings (SSSR count). The molecule has 5 nitrogen and oxygen atoms in total. The lowest BCUT2D eigenvalue weighted by molar-refractivity contribution is 0.816. The van der Waals surface area contributed by atoms with Crippen LogP contribution in [0.3, 0.4) is 0 Å². The standard InChI is InChI=1S/C10H11N5/c1-2-8-13-14-9-6-12-10-7(15(8)9)4-3-5-11-10/h3-5H,2,6H2,1H3,(H,11,12). The number of rotatable bonds is 1. The molecular formula is C10H11N5. The molecule has 0 aromatic carbocycles. The Morgan fingerprint density at radius 1 is 1.47 bits per heavy atom. The normalized spacial score (nSPS) is 12.9. The Kier molecular flexibility index (Phi) is 1.71. The summed E-state index contributed by atoms with van der Waals surface area (Å²) in [5, 5.41) is 11.5. The van der Waals surface area contributed by atoms with Crippen molar-refractivity contribution < 1.29 is 0 Å². The Hall–Kier alpha value is -1.91. The van der Waals surface area contributed by atoms with Crippen LogP contribution in [0.5, 0.6) is 0 Å². The van der Waals surface area contributed by atoms with E-state index >= 15 is 0 Å². The Labute approximate surface area is 87.2 Å². The van der Waals surface area contributed by atoms with Gasteiger partial charge in [-0.15, -0.1) is 10.2 Å². The maximum Gasteiger partial charge on any atom is 0.157 e. The topological polar surface area (TPSA) is 55.6 Å². The SMILES string of the molecule is CCc1nnc2n1-c1cccnc1NC2. The van der Waals surface area contributed by atoms with Gasteiger partial charge in [0, 0.05) is 12.6 Å². The number of aryl methyl sites for hydroxylation is 1. The number of hydrogen-bond donors (Lipinski definition) is 1. The van der Waals surface area contributed by atoms with E-state index in [1.165, 1.54) is 0 Å². The fraction of sp³-hybridized carbons (Fsp3) is 0.300. The number of nitrogens with zero attached hydrogens (tertiary/aromatic N) is 4. The number of aromatic nitrogens is 4. The van der Waals surface area contributed by atoms with Crippen molar-refractivity contribution >= 4 is 5.82 Å². The average molecular weight is 201 g/mol. The number of nitrogens with one attached hydrogen (secondary N) is 1. The molecule has 2 aromatic heterocycles. The van der Waals surface area contributed by atoms with E-state index in [-0.39, 0.29) is 0 Å². The van der Waals surface area contributed by atoms with Crippen molar-refractivity contribution in [2.75, 3.05) is 5.32 Å². The summed E-state index contributed by atoms with van der Waals surface area (Å²) in [5.41, 5.74) is 1.04. The minimum absolute atomic E-state index is 0.691. The predicted octanol–water partition coefficient (Wildman–Crippen LogP) is 1.15. The van der Waals surface area contributed by atoms with Crippen LogP contribution in [0.1, 0.15) is 18.6 Å². The molecule has 0 saturated carbocycles. The third kappa shape index (κ3) is 1.12. The highest BCUT2D eigenvalue weighted by Gasteiger charge is 2.20. The molecule has 5 heteroatoms. The first-order valence-corrected chi connectivity index (χ1v) is 5.02. The van der Waals surface area contributed by atoms with Crippen molar-refractivity contribution in [2.45, 2.75) is 19.9 Å². The summed E-state index contributed by atoms with van der Waals surface area (Å²) in [6.07, 6.45) is 2.66. The number of hydrogen-bond acceptors (Lipinski definition) is 4. The van der Waals surface area contributed by atoms with Crippen molar-refractivity contribution in [3.8, 4) is 5.69 Å². The zero-order valence-corrected chi connectivity index (χ0v) is 8.44. The smallest absolute Gasteiger partial charge is 0.157 e. The van der Waals surface area contributed by atoms with Gasteiger partial charge in [0.1, 0.15) is 5.82 Å². The van der Waals surface area contributed by atoms with Crippen molar-refractivity contribution in [3.05, 3.63) is 30.0 Å². The quantitative estimate of drug-likeness (QED) is 0.752. The molecule has 2 aromatic rings. The minimum Gasteiger partial charge on any atom is -0.361 e. The van der Waals surface area contributed by atoms with Gasteiger partial charge in [0.2, 0.25) is 0 Å². The number of pyridine rings is 1. The van der Waals surface area contributed by atoms with E-state index in [0.29, 0.717) is 6.54 Å². The van der Waals surface area contributed by atoms with Crippen LogP contribution < -0.4 is 5.32 Å². The van der Waals surface area contributed by atoms with Gasteiger partial charge in [0.15, 0.2) is 11.6 Å². The van der Waals surface area contributed by atoms with E-state index in [2.05, 4.69) is 32.0 Å². The first-order chi connectivity index (χ1) is 7.40. The molecule has 0 bridgehead atoms. The van der Waals surface area contributed by atoms with E-state index in [0.717, 1.165) is 29.6 Å². The second-order valence-corrected chi connectivity index (χ2v) is 3.45. The Morgan fingerprint density at radius 3 is 3.27 bits per heavy atom. The highest BCUT2D eigenvalue weighted by molar-refractivity contribution is 5.58. The molecule has 0 unspecified atom stereocenters. The van der Waals surface area contributed by atoms with Crippen LogP contribution in [-0.2, 0) is 13.0 Å². The van der Waals surface area contributed by atoms with Crippen LogP contribution in [-0.4, -0.2) is 19.7 Å². The first kappa shape index (κ1) is 8.40. The lowest BCUT2D eigenvalue weighted by atomic mass is 10.3. The van der Waals surface area contributed by atoms with Gasteiger partial charge in [-0.25, -0.2) is 4.98 Å². The molecule has 0 spiro atoms. The summed E-state index contributed by atoms with van der Waals surface area (Å²) in [4.78, 5) is 4.29. The van der Waals surface area contributed by atoms with Gasteiger partial charge in [0.05, 0.1) is 12.2 Å². The fourth-order valence-electron chi connectivity index (χ4n) is 1.85. The molecule has 1 N–H and O–H groups in total. The summed E-state index contributed by atoms with van der Waals surface area (Å²) in [5.74, 6) is 2.84. The molecule has 0 aliphatic carbocycles. The molecule has 0 fully saturated rings. The highest BCUT2D eigenvalue weighted by atomic mass is 15.3. The van der Waals surface area contributed by atoms with E-state index < -0.39 is 0 Å². The van der Waals surface area contributed by atoms with Crippen molar-refractivity contribution in [1.82, 2.24) is 19.7 Å². The van der Waals surface area contributed by atoms with Crippen LogP contribution in [0.4, 0.5) is 5.82 Å².